The molecule has 3 aliphatic rings. The number of aromatic nitrogens is 3. The zero-order valence-electron chi connectivity index (χ0n) is 15.7. The van der Waals surface area contributed by atoms with Crippen LogP contribution in [0.5, 0.6) is 0 Å². The van der Waals surface area contributed by atoms with Gasteiger partial charge in [0.15, 0.2) is 5.65 Å². The Labute approximate surface area is 161 Å². The van der Waals surface area contributed by atoms with Crippen LogP contribution in [0.4, 0.5) is 8.78 Å². The Hall–Kier alpha value is -2.16. The molecule has 4 atom stereocenters. The molecule has 1 saturated heterocycles. The number of nitrogens with zero attached hydrogens (tertiary/aromatic N) is 4. The quantitative estimate of drug-likeness (QED) is 0.858. The predicted molar refractivity (Wildman–Crippen MR) is 99.6 cm³/mol. The SMILES string of the molecule is Cc1cc2nc3c(cn2n1)CN(C1CO[C@H](C2CC(F)=CC=C2F)C(N)C1)C3. The van der Waals surface area contributed by atoms with Crippen molar-refractivity contribution in [1.29, 1.82) is 0 Å². The van der Waals surface area contributed by atoms with E-state index in [2.05, 4.69) is 10.00 Å². The van der Waals surface area contributed by atoms with Gasteiger partial charge in [0, 0.05) is 55.3 Å². The maximum Gasteiger partial charge on any atom is 0.155 e. The van der Waals surface area contributed by atoms with Gasteiger partial charge < -0.3 is 10.5 Å². The minimum Gasteiger partial charge on any atom is -0.374 e. The molecule has 2 aromatic rings. The summed E-state index contributed by atoms with van der Waals surface area (Å²) in [6.45, 7) is 3.90. The lowest BCUT2D eigenvalue weighted by molar-refractivity contribution is -0.0728. The molecule has 0 spiro atoms. The number of rotatable bonds is 2. The first-order valence-corrected chi connectivity index (χ1v) is 9.65. The maximum absolute atomic E-state index is 14.2. The van der Waals surface area contributed by atoms with Crippen LogP contribution in [0.15, 0.2) is 36.1 Å². The summed E-state index contributed by atoms with van der Waals surface area (Å²) >= 11 is 0. The highest BCUT2D eigenvalue weighted by molar-refractivity contribution is 5.42. The van der Waals surface area contributed by atoms with E-state index in [1.807, 2.05) is 23.7 Å². The second-order valence-electron chi connectivity index (χ2n) is 8.03. The van der Waals surface area contributed by atoms with Crippen molar-refractivity contribution in [2.45, 2.75) is 51.0 Å². The first-order chi connectivity index (χ1) is 13.5. The number of hydrogen-bond donors (Lipinski definition) is 1. The lowest BCUT2D eigenvalue weighted by atomic mass is 9.85. The molecular weight excluding hydrogens is 364 g/mol. The van der Waals surface area contributed by atoms with Crippen molar-refractivity contribution in [2.24, 2.45) is 11.7 Å². The maximum atomic E-state index is 14.2. The van der Waals surface area contributed by atoms with Gasteiger partial charge >= 0.3 is 0 Å². The van der Waals surface area contributed by atoms with Gasteiger partial charge in [-0.15, -0.1) is 0 Å². The van der Waals surface area contributed by atoms with E-state index in [0.717, 1.165) is 35.7 Å². The van der Waals surface area contributed by atoms with E-state index in [4.69, 9.17) is 15.5 Å². The van der Waals surface area contributed by atoms with Crippen LogP contribution >= 0.6 is 0 Å². The van der Waals surface area contributed by atoms with Crippen LogP contribution in [0.3, 0.4) is 0 Å². The zero-order valence-corrected chi connectivity index (χ0v) is 15.7. The molecule has 0 radical (unpaired) electrons. The molecule has 0 bridgehead atoms. The summed E-state index contributed by atoms with van der Waals surface area (Å²) in [6.07, 6.45) is 4.60. The van der Waals surface area contributed by atoms with Crippen molar-refractivity contribution < 1.29 is 13.5 Å². The van der Waals surface area contributed by atoms with E-state index in [0.29, 0.717) is 13.0 Å². The van der Waals surface area contributed by atoms with Crippen LogP contribution in [-0.2, 0) is 17.8 Å². The molecule has 1 fully saturated rings. The Bertz CT molecular complexity index is 941. The number of fused-ring (bicyclic) bond motifs is 2. The molecule has 148 valence electrons. The summed E-state index contributed by atoms with van der Waals surface area (Å²) in [5, 5.41) is 4.43. The van der Waals surface area contributed by atoms with Crippen LogP contribution < -0.4 is 5.73 Å². The second-order valence-corrected chi connectivity index (χ2v) is 8.03. The first kappa shape index (κ1) is 17.9. The molecule has 2 aromatic heterocycles. The lowest BCUT2D eigenvalue weighted by Gasteiger charge is -2.41. The van der Waals surface area contributed by atoms with E-state index in [1.165, 1.54) is 12.2 Å². The largest absolute Gasteiger partial charge is 0.374 e. The average molecular weight is 387 g/mol. The fourth-order valence-electron chi connectivity index (χ4n) is 4.58. The van der Waals surface area contributed by atoms with E-state index >= 15 is 0 Å². The fourth-order valence-corrected chi connectivity index (χ4v) is 4.58. The minimum absolute atomic E-state index is 0.0175. The first-order valence-electron chi connectivity index (χ1n) is 9.65. The summed E-state index contributed by atoms with van der Waals surface area (Å²) in [6, 6.07) is 1.75. The average Bonchev–Trinajstić information content (AvgIpc) is 3.23. The minimum atomic E-state index is -0.630. The van der Waals surface area contributed by atoms with Crippen LogP contribution in [0.25, 0.3) is 5.65 Å². The molecule has 4 heterocycles. The van der Waals surface area contributed by atoms with Gasteiger partial charge in [-0.05, 0) is 25.5 Å². The number of aryl methyl sites for hydroxylation is 1. The molecule has 0 saturated carbocycles. The van der Waals surface area contributed by atoms with Gasteiger partial charge in [0.25, 0.3) is 0 Å². The number of nitrogens with two attached hydrogens (primary N) is 1. The third-order valence-corrected chi connectivity index (χ3v) is 6.02. The van der Waals surface area contributed by atoms with Crippen LogP contribution in [0.2, 0.25) is 0 Å². The summed E-state index contributed by atoms with van der Waals surface area (Å²) < 4.78 is 35.6. The molecule has 28 heavy (non-hydrogen) atoms. The topological polar surface area (TPSA) is 68.7 Å². The van der Waals surface area contributed by atoms with Gasteiger partial charge in [0.2, 0.25) is 0 Å². The van der Waals surface area contributed by atoms with Gasteiger partial charge in [0.05, 0.1) is 24.1 Å². The molecule has 1 aliphatic carbocycles. The Morgan fingerprint density at radius 3 is 2.93 bits per heavy atom. The van der Waals surface area contributed by atoms with Gasteiger partial charge in [-0.25, -0.2) is 18.3 Å². The number of hydrogen-bond acceptors (Lipinski definition) is 5. The van der Waals surface area contributed by atoms with Crippen molar-refractivity contribution in [1.82, 2.24) is 19.5 Å². The van der Waals surface area contributed by atoms with Crippen molar-refractivity contribution in [3.63, 3.8) is 0 Å². The Kier molecular flexibility index (Phi) is 4.30. The monoisotopic (exact) mass is 387 g/mol. The van der Waals surface area contributed by atoms with E-state index in [-0.39, 0.29) is 30.2 Å². The lowest BCUT2D eigenvalue weighted by Crippen LogP contribution is -2.53. The Balaban J connectivity index is 1.27. The van der Waals surface area contributed by atoms with Crippen molar-refractivity contribution in [2.75, 3.05) is 6.61 Å². The predicted octanol–water partition coefficient (Wildman–Crippen LogP) is 2.56. The third-order valence-electron chi connectivity index (χ3n) is 6.02. The molecule has 2 aliphatic heterocycles. The van der Waals surface area contributed by atoms with Gasteiger partial charge in [-0.1, -0.05) is 0 Å². The smallest absolute Gasteiger partial charge is 0.155 e. The van der Waals surface area contributed by atoms with Crippen LogP contribution in [0, 0.1) is 12.8 Å². The Morgan fingerprint density at radius 1 is 1.25 bits per heavy atom. The molecule has 5 rings (SSSR count). The highest BCUT2D eigenvalue weighted by atomic mass is 19.1. The van der Waals surface area contributed by atoms with Gasteiger partial charge in [-0.2, -0.15) is 5.10 Å². The fraction of sp³-hybridized carbons (Fsp3) is 0.500. The van der Waals surface area contributed by atoms with Gasteiger partial charge in [-0.3, -0.25) is 4.90 Å². The molecule has 6 nitrogen and oxygen atoms in total. The standard InChI is InChI=1S/C20H23F2N5O/c1-11-4-19-24-18-9-26(7-12(18)8-27(19)25-11)14-6-17(23)20(28-10-14)15-5-13(21)2-3-16(15)22/h2-4,8,14-15,17,20H,5-7,9-10,23H2,1H3/t14?,15?,17?,20-/m1/s1. The molecule has 0 aromatic carbocycles. The number of allylic oxidation sites excluding steroid dienone is 3. The van der Waals surface area contributed by atoms with Crippen LogP contribution in [-0.4, -0.2) is 44.3 Å². The summed E-state index contributed by atoms with van der Waals surface area (Å²) in [5.41, 5.74) is 10.3. The molecule has 2 N–H and O–H groups in total. The highest BCUT2D eigenvalue weighted by Crippen LogP contribution is 2.36. The second kappa shape index (κ2) is 6.72. The summed E-state index contributed by atoms with van der Waals surface area (Å²) in [7, 11) is 0. The summed E-state index contributed by atoms with van der Waals surface area (Å²) in [5.74, 6) is -1.31. The molecule has 3 unspecified atom stereocenters. The third kappa shape index (κ3) is 3.05. The van der Waals surface area contributed by atoms with Gasteiger partial charge in [0.1, 0.15) is 11.7 Å². The number of halogens is 2. The molecule has 8 heteroatoms. The van der Waals surface area contributed by atoms with E-state index in [9.17, 15) is 8.78 Å². The normalized spacial score (nSPS) is 31.0. The van der Waals surface area contributed by atoms with Crippen molar-refractivity contribution in [3.05, 3.63) is 53.0 Å². The molecule has 0 amide bonds. The highest BCUT2D eigenvalue weighted by Gasteiger charge is 2.40. The number of ether oxygens (including phenoxy) is 1. The molecular formula is C20H23F2N5O. The van der Waals surface area contributed by atoms with Crippen LogP contribution in [0.1, 0.15) is 29.8 Å². The van der Waals surface area contributed by atoms with Crippen molar-refractivity contribution in [3.8, 4) is 0 Å². The van der Waals surface area contributed by atoms with E-state index < -0.39 is 12.0 Å². The Morgan fingerprint density at radius 2 is 2.11 bits per heavy atom. The zero-order chi connectivity index (χ0) is 19.4. The summed E-state index contributed by atoms with van der Waals surface area (Å²) in [4.78, 5) is 7.03. The van der Waals surface area contributed by atoms with Crippen molar-refractivity contribution >= 4 is 5.65 Å². The van der Waals surface area contributed by atoms with E-state index in [1.54, 1.807) is 0 Å².